The topological polar surface area (TPSA) is 43.4 Å². The van der Waals surface area contributed by atoms with Gasteiger partial charge in [-0.15, -0.1) is 0 Å². The molecule has 0 aliphatic carbocycles. The summed E-state index contributed by atoms with van der Waals surface area (Å²) < 4.78 is 23.5. The molecule has 0 aliphatic heterocycles. The fourth-order valence-corrected chi connectivity index (χ4v) is 0. The minimum atomic E-state index is -3.16. The van der Waals surface area contributed by atoms with Crippen molar-refractivity contribution in [3.05, 3.63) is 0 Å². The molecule has 0 unspecified atom stereocenters. The molecule has 0 rings (SSSR count). The maximum absolute atomic E-state index is 9.78. The van der Waals surface area contributed by atoms with Crippen LogP contribution in [0.15, 0.2) is 0 Å². The zero-order chi connectivity index (χ0) is 5.21. The second-order valence-corrected chi connectivity index (χ2v) is 3.48. The quantitative estimate of drug-likeness (QED) is 0.648. The first-order valence-electron chi connectivity index (χ1n) is 1.04. The third-order valence-electron chi connectivity index (χ3n) is 0.101. The Bertz CT molecular complexity index is 113. The Morgan fingerprint density at radius 2 is 1.83 bits per heavy atom. The SMILES string of the molecule is CS(=O)(=O)[O][Ir]. The molecule has 0 bridgehead atoms. The molecule has 0 aromatic rings. The summed E-state index contributed by atoms with van der Waals surface area (Å²) in [7, 11) is -3.16. The van der Waals surface area contributed by atoms with Crippen molar-refractivity contribution in [1.82, 2.24) is 0 Å². The van der Waals surface area contributed by atoms with Crippen molar-refractivity contribution in [3.63, 3.8) is 0 Å². The second kappa shape index (κ2) is 2.02. The number of rotatable bonds is 1. The maximum atomic E-state index is 9.78. The molecular formula is CH3IrO3S. The van der Waals surface area contributed by atoms with Crippen LogP contribution in [0.3, 0.4) is 0 Å². The van der Waals surface area contributed by atoms with Gasteiger partial charge in [0.2, 0.25) is 0 Å². The summed E-state index contributed by atoms with van der Waals surface area (Å²) in [5.74, 6) is 0. The third-order valence-corrected chi connectivity index (χ3v) is 2.48. The molecule has 0 aliphatic rings. The second-order valence-electron chi connectivity index (χ2n) is 0.760. The summed E-state index contributed by atoms with van der Waals surface area (Å²) in [5.41, 5.74) is 0. The first-order valence-corrected chi connectivity index (χ1v) is 3.84. The van der Waals surface area contributed by atoms with Crippen molar-refractivity contribution in [1.29, 1.82) is 0 Å². The van der Waals surface area contributed by atoms with Crippen LogP contribution in [-0.4, -0.2) is 14.7 Å². The van der Waals surface area contributed by atoms with E-state index in [1.807, 2.05) is 0 Å². The Kier molecular flexibility index (Phi) is 2.21. The van der Waals surface area contributed by atoms with Crippen LogP contribution in [0.2, 0.25) is 0 Å². The van der Waals surface area contributed by atoms with Gasteiger partial charge in [0.05, 0.1) is 0 Å². The van der Waals surface area contributed by atoms with E-state index in [1.54, 1.807) is 0 Å². The normalized spacial score (nSPS) is 11.8. The van der Waals surface area contributed by atoms with Crippen LogP contribution < -0.4 is 0 Å². The van der Waals surface area contributed by atoms with Gasteiger partial charge in [-0.25, -0.2) is 0 Å². The summed E-state index contributed by atoms with van der Waals surface area (Å²) in [4.78, 5) is 0. The predicted octanol–water partition coefficient (Wildman–Crippen LogP) is -0.576. The van der Waals surface area contributed by atoms with E-state index in [2.05, 4.69) is 2.94 Å². The van der Waals surface area contributed by atoms with E-state index < -0.39 is 10.1 Å². The van der Waals surface area contributed by atoms with Crippen LogP contribution in [0.5, 0.6) is 0 Å². The average molecular weight is 287 g/mol. The average Bonchev–Trinajstić information content (AvgIpc) is 1.35. The van der Waals surface area contributed by atoms with Gasteiger partial charge in [0, 0.05) is 0 Å². The van der Waals surface area contributed by atoms with E-state index in [0.29, 0.717) is 0 Å². The molecule has 0 fully saturated rings. The molecule has 0 heterocycles. The summed E-state index contributed by atoms with van der Waals surface area (Å²) in [6.45, 7) is 0. The standard InChI is InChI=1S/CH4O3S.Ir/c1-5(2,3)4;/h1H3,(H,2,3,4);/q;+1/p-1. The molecular weight excluding hydrogens is 284 g/mol. The van der Waals surface area contributed by atoms with Crippen LogP contribution >= 0.6 is 0 Å². The van der Waals surface area contributed by atoms with E-state index in [4.69, 9.17) is 0 Å². The van der Waals surface area contributed by atoms with Gasteiger partial charge in [-0.05, 0) is 0 Å². The summed E-state index contributed by atoms with van der Waals surface area (Å²) in [5, 5.41) is 0. The minimum absolute atomic E-state index is 0.993. The van der Waals surface area contributed by atoms with Crippen molar-refractivity contribution in [2.24, 2.45) is 0 Å². The monoisotopic (exact) mass is 288 g/mol. The van der Waals surface area contributed by atoms with Crippen LogP contribution in [0.4, 0.5) is 0 Å². The number of hydrogen-bond acceptors (Lipinski definition) is 3. The molecule has 0 saturated carbocycles. The van der Waals surface area contributed by atoms with Crippen LogP contribution in [0, 0.1) is 0 Å². The van der Waals surface area contributed by atoms with E-state index in [9.17, 15) is 8.42 Å². The number of hydrogen-bond donors (Lipinski definition) is 0. The predicted molar refractivity (Wildman–Crippen MR) is 15.9 cm³/mol. The molecule has 5 heteroatoms. The van der Waals surface area contributed by atoms with Gasteiger partial charge in [0.1, 0.15) is 0 Å². The van der Waals surface area contributed by atoms with Crippen molar-refractivity contribution >= 4 is 10.1 Å². The van der Waals surface area contributed by atoms with Gasteiger partial charge in [-0.1, -0.05) is 0 Å². The first-order chi connectivity index (χ1) is 2.56. The van der Waals surface area contributed by atoms with Gasteiger partial charge >= 0.3 is 47.0 Å². The van der Waals surface area contributed by atoms with Crippen molar-refractivity contribution < 1.29 is 30.6 Å². The van der Waals surface area contributed by atoms with Gasteiger partial charge in [0.15, 0.2) is 0 Å². The summed E-state index contributed by atoms with van der Waals surface area (Å²) in [6, 6.07) is 0. The van der Waals surface area contributed by atoms with Crippen LogP contribution in [0.1, 0.15) is 0 Å². The molecule has 0 saturated heterocycles. The van der Waals surface area contributed by atoms with Gasteiger partial charge in [-0.3, -0.25) is 0 Å². The van der Waals surface area contributed by atoms with E-state index in [-0.39, 0.29) is 0 Å². The molecule has 0 atom stereocenters. The van der Waals surface area contributed by atoms with Crippen molar-refractivity contribution in [2.75, 3.05) is 6.26 Å². The van der Waals surface area contributed by atoms with Crippen molar-refractivity contribution in [3.8, 4) is 0 Å². The fraction of sp³-hybridized carbons (Fsp3) is 1.00. The molecule has 0 aromatic carbocycles. The zero-order valence-corrected chi connectivity index (χ0v) is 6.18. The molecule has 0 N–H and O–H groups in total. The molecule has 0 amide bonds. The Labute approximate surface area is 47.4 Å². The zero-order valence-electron chi connectivity index (χ0n) is 2.97. The van der Waals surface area contributed by atoms with Crippen molar-refractivity contribution in [2.45, 2.75) is 0 Å². The fourth-order valence-electron chi connectivity index (χ4n) is 0. The molecule has 0 radical (unpaired) electrons. The summed E-state index contributed by atoms with van der Waals surface area (Å²) >= 11 is 1.12. The van der Waals surface area contributed by atoms with E-state index in [0.717, 1.165) is 25.5 Å². The third kappa shape index (κ3) is 4.56. The molecule has 6 heavy (non-hydrogen) atoms. The molecule has 0 aromatic heterocycles. The molecule has 40 valence electrons. The van der Waals surface area contributed by atoms with E-state index in [1.165, 1.54) is 0 Å². The Morgan fingerprint density at radius 3 is 1.83 bits per heavy atom. The van der Waals surface area contributed by atoms with Crippen LogP contribution in [0.25, 0.3) is 0 Å². The van der Waals surface area contributed by atoms with Crippen LogP contribution in [-0.2, 0) is 32.3 Å². The van der Waals surface area contributed by atoms with E-state index >= 15 is 0 Å². The Balaban J connectivity index is 3.85. The first kappa shape index (κ1) is 6.56. The molecule has 3 nitrogen and oxygen atoms in total. The van der Waals surface area contributed by atoms with Gasteiger partial charge in [0.25, 0.3) is 0 Å². The Morgan fingerprint density at radius 1 is 1.67 bits per heavy atom. The van der Waals surface area contributed by atoms with Gasteiger partial charge < -0.3 is 0 Å². The van der Waals surface area contributed by atoms with Gasteiger partial charge in [-0.2, -0.15) is 0 Å². The Hall–Kier alpha value is 0.559. The summed E-state index contributed by atoms with van der Waals surface area (Å²) in [6.07, 6.45) is 0.993. The molecule has 0 spiro atoms.